The van der Waals surface area contributed by atoms with Gasteiger partial charge in [0, 0.05) is 18.2 Å². The number of methoxy groups -OCH3 is 1. The van der Waals surface area contributed by atoms with Crippen molar-refractivity contribution in [1.82, 2.24) is 14.6 Å². The van der Waals surface area contributed by atoms with Crippen molar-refractivity contribution in [2.45, 2.75) is 38.3 Å². The number of benzene rings is 1. The predicted molar refractivity (Wildman–Crippen MR) is 116 cm³/mol. The van der Waals surface area contributed by atoms with Gasteiger partial charge in [-0.15, -0.1) is 0 Å². The standard InChI is InChI=1S/C20H25FN3O9P/c1-11-17(26)15(32-18(11)24-9-8-16(25)22-20(24)28)10-31-34(29,23-12(2)19(27)30-3)33-14-6-4-13(21)5-7-14/h4-9,11-12,15,17-18,26H,10H2,1-3H3,(H,23,29)(H,22,25,28). The molecule has 3 N–H and O–H groups in total. The van der Waals surface area contributed by atoms with Gasteiger partial charge in [-0.05, 0) is 31.2 Å². The van der Waals surface area contributed by atoms with E-state index in [1.807, 2.05) is 0 Å². The van der Waals surface area contributed by atoms with Crippen LogP contribution >= 0.6 is 7.75 Å². The summed E-state index contributed by atoms with van der Waals surface area (Å²) in [5.41, 5.74) is -1.31. The zero-order valence-corrected chi connectivity index (χ0v) is 19.4. The molecular formula is C20H25FN3O9P. The summed E-state index contributed by atoms with van der Waals surface area (Å²) in [5.74, 6) is -1.89. The number of aromatic amines is 1. The smallest absolute Gasteiger partial charge is 0.459 e. The fourth-order valence-corrected chi connectivity index (χ4v) is 4.84. The quantitative estimate of drug-likeness (QED) is 0.333. The molecule has 12 nitrogen and oxygen atoms in total. The van der Waals surface area contributed by atoms with E-state index in [1.54, 1.807) is 6.92 Å². The molecule has 0 radical (unpaired) electrons. The minimum atomic E-state index is -4.27. The fourth-order valence-electron chi connectivity index (χ4n) is 3.34. The number of aliphatic hydroxyl groups is 1. The van der Waals surface area contributed by atoms with E-state index in [0.717, 1.165) is 29.9 Å². The Labute approximate surface area is 193 Å². The molecular weight excluding hydrogens is 476 g/mol. The molecule has 0 saturated carbocycles. The first-order valence-corrected chi connectivity index (χ1v) is 11.8. The normalized spacial score (nSPS) is 24.9. The van der Waals surface area contributed by atoms with Crippen LogP contribution in [0.15, 0.2) is 46.1 Å². The van der Waals surface area contributed by atoms with Gasteiger partial charge in [0.05, 0.1) is 19.8 Å². The number of ether oxygens (including phenoxy) is 2. The van der Waals surface area contributed by atoms with E-state index in [2.05, 4.69) is 14.8 Å². The maximum absolute atomic E-state index is 13.4. The van der Waals surface area contributed by atoms with Crippen LogP contribution in [-0.2, 0) is 23.4 Å². The second kappa shape index (κ2) is 10.6. The molecule has 6 unspecified atom stereocenters. The molecule has 1 fully saturated rings. The maximum Gasteiger partial charge on any atom is 0.459 e. The van der Waals surface area contributed by atoms with Crippen molar-refractivity contribution in [1.29, 1.82) is 0 Å². The highest BCUT2D eigenvalue weighted by molar-refractivity contribution is 7.52. The number of aliphatic hydroxyl groups excluding tert-OH is 1. The lowest BCUT2D eigenvalue weighted by atomic mass is 10.0. The van der Waals surface area contributed by atoms with Crippen molar-refractivity contribution in [3.8, 4) is 5.75 Å². The minimum Gasteiger partial charge on any atom is -0.468 e. The van der Waals surface area contributed by atoms with Gasteiger partial charge in [0.15, 0.2) is 0 Å². The molecule has 14 heteroatoms. The Balaban J connectivity index is 1.77. The van der Waals surface area contributed by atoms with Crippen LogP contribution in [0.4, 0.5) is 4.39 Å². The van der Waals surface area contributed by atoms with Gasteiger partial charge < -0.3 is 19.1 Å². The number of rotatable bonds is 9. The monoisotopic (exact) mass is 501 g/mol. The number of nitrogens with zero attached hydrogens (tertiary/aromatic N) is 1. The number of hydrogen-bond donors (Lipinski definition) is 3. The van der Waals surface area contributed by atoms with Crippen LogP contribution in [0.2, 0.25) is 0 Å². The van der Waals surface area contributed by atoms with Crippen molar-refractivity contribution < 1.29 is 37.4 Å². The number of nitrogens with one attached hydrogen (secondary N) is 2. The highest BCUT2D eigenvalue weighted by Gasteiger charge is 2.44. The summed E-state index contributed by atoms with van der Waals surface area (Å²) in [6.07, 6.45) is -1.88. The van der Waals surface area contributed by atoms with Crippen molar-refractivity contribution in [3.05, 3.63) is 63.2 Å². The van der Waals surface area contributed by atoms with Gasteiger partial charge in [-0.3, -0.25) is 23.7 Å². The van der Waals surface area contributed by atoms with E-state index in [4.69, 9.17) is 13.8 Å². The van der Waals surface area contributed by atoms with Crippen LogP contribution < -0.4 is 20.9 Å². The first-order chi connectivity index (χ1) is 16.0. The first kappa shape index (κ1) is 25.8. The SMILES string of the molecule is COC(=O)C(C)NP(=O)(OCC1OC(n2ccc(=O)[nH]c2=O)C(C)C1O)Oc1ccc(F)cc1. The maximum atomic E-state index is 13.4. The molecule has 186 valence electrons. The van der Waals surface area contributed by atoms with Gasteiger partial charge in [0.1, 0.15) is 29.9 Å². The van der Waals surface area contributed by atoms with Crippen LogP contribution in [-0.4, -0.2) is 52.6 Å². The van der Waals surface area contributed by atoms with Crippen LogP contribution in [0.3, 0.4) is 0 Å². The average molecular weight is 501 g/mol. The number of hydrogen-bond acceptors (Lipinski definition) is 9. The summed E-state index contributed by atoms with van der Waals surface area (Å²) >= 11 is 0. The second-order valence-electron chi connectivity index (χ2n) is 7.64. The molecule has 1 saturated heterocycles. The largest absolute Gasteiger partial charge is 0.468 e. The Morgan fingerprint density at radius 3 is 2.62 bits per heavy atom. The molecule has 0 spiro atoms. The third-order valence-electron chi connectivity index (χ3n) is 5.16. The fraction of sp³-hybridized carbons (Fsp3) is 0.450. The zero-order chi connectivity index (χ0) is 25.0. The zero-order valence-electron chi connectivity index (χ0n) is 18.5. The van der Waals surface area contributed by atoms with Gasteiger partial charge in [0.2, 0.25) is 0 Å². The Bertz CT molecular complexity index is 1170. The van der Waals surface area contributed by atoms with Crippen LogP contribution in [0.1, 0.15) is 20.1 Å². The molecule has 6 atom stereocenters. The Hall–Kier alpha value is -2.83. The van der Waals surface area contributed by atoms with Gasteiger partial charge in [0.25, 0.3) is 5.56 Å². The second-order valence-corrected chi connectivity index (χ2v) is 9.34. The molecule has 3 rings (SSSR count). The number of aromatic nitrogens is 2. The number of esters is 1. The lowest BCUT2D eigenvalue weighted by Gasteiger charge is -2.24. The third-order valence-corrected chi connectivity index (χ3v) is 6.81. The van der Waals surface area contributed by atoms with Crippen molar-refractivity contribution in [2.24, 2.45) is 5.92 Å². The summed E-state index contributed by atoms with van der Waals surface area (Å²) in [6, 6.07) is 4.64. The van der Waals surface area contributed by atoms with E-state index >= 15 is 0 Å². The molecule has 34 heavy (non-hydrogen) atoms. The summed E-state index contributed by atoms with van der Waals surface area (Å²) in [5, 5.41) is 13.0. The molecule has 1 aromatic carbocycles. The van der Waals surface area contributed by atoms with Crippen LogP contribution in [0.25, 0.3) is 0 Å². The molecule has 1 aromatic heterocycles. The highest BCUT2D eigenvalue weighted by atomic mass is 31.2. The molecule has 1 aliphatic heterocycles. The van der Waals surface area contributed by atoms with E-state index in [-0.39, 0.29) is 5.75 Å². The molecule has 0 aliphatic carbocycles. The predicted octanol–water partition coefficient (Wildman–Crippen LogP) is 0.925. The number of halogens is 1. The topological polar surface area (TPSA) is 158 Å². The summed E-state index contributed by atoms with van der Waals surface area (Å²) in [4.78, 5) is 37.3. The van der Waals surface area contributed by atoms with Gasteiger partial charge in [-0.25, -0.2) is 13.8 Å². The molecule has 0 amide bonds. The number of H-pyrrole nitrogens is 1. The third kappa shape index (κ3) is 5.99. The van der Waals surface area contributed by atoms with Gasteiger partial charge in [-0.2, -0.15) is 5.09 Å². The van der Waals surface area contributed by atoms with E-state index in [0.29, 0.717) is 0 Å². The van der Waals surface area contributed by atoms with Crippen LogP contribution in [0.5, 0.6) is 5.75 Å². The van der Waals surface area contributed by atoms with E-state index in [1.165, 1.54) is 25.3 Å². The molecule has 1 aliphatic rings. The Morgan fingerprint density at radius 1 is 1.32 bits per heavy atom. The molecule has 2 heterocycles. The van der Waals surface area contributed by atoms with Crippen molar-refractivity contribution in [2.75, 3.05) is 13.7 Å². The number of carbonyl (C=O) groups excluding carboxylic acids is 1. The van der Waals surface area contributed by atoms with Gasteiger partial charge >= 0.3 is 19.4 Å². The van der Waals surface area contributed by atoms with Crippen LogP contribution in [0, 0.1) is 11.7 Å². The van der Waals surface area contributed by atoms with E-state index in [9.17, 15) is 28.4 Å². The first-order valence-electron chi connectivity index (χ1n) is 10.2. The minimum absolute atomic E-state index is 0.00627. The molecule has 0 bridgehead atoms. The number of carbonyl (C=O) groups is 1. The Kier molecular flexibility index (Phi) is 8.05. The Morgan fingerprint density at radius 2 is 2.00 bits per heavy atom. The summed E-state index contributed by atoms with van der Waals surface area (Å²) in [7, 11) is -3.12. The highest BCUT2D eigenvalue weighted by Crippen LogP contribution is 2.46. The van der Waals surface area contributed by atoms with E-state index < -0.39 is 67.8 Å². The van der Waals surface area contributed by atoms with Crippen molar-refractivity contribution in [3.63, 3.8) is 0 Å². The lowest BCUT2D eigenvalue weighted by Crippen LogP contribution is -2.36. The average Bonchev–Trinajstić information content (AvgIpc) is 3.07. The van der Waals surface area contributed by atoms with Gasteiger partial charge in [-0.1, -0.05) is 6.92 Å². The summed E-state index contributed by atoms with van der Waals surface area (Å²) in [6.45, 7) is 2.54. The molecule has 2 aromatic rings. The van der Waals surface area contributed by atoms with Crippen molar-refractivity contribution >= 4 is 13.7 Å². The summed E-state index contributed by atoms with van der Waals surface area (Å²) < 4.78 is 48.9. The lowest BCUT2D eigenvalue weighted by molar-refractivity contribution is -0.142.